The van der Waals surface area contributed by atoms with Gasteiger partial charge in [0.15, 0.2) is 0 Å². The molecule has 0 bridgehead atoms. The minimum Gasteiger partial charge on any atom is -0.198 e. The van der Waals surface area contributed by atoms with E-state index in [1.165, 1.54) is 32.1 Å². The molecule has 0 radical (unpaired) electrons. The van der Waals surface area contributed by atoms with Crippen LogP contribution in [-0.4, -0.2) is 0 Å². The lowest BCUT2D eigenvalue weighted by molar-refractivity contribution is 0.0983. The smallest absolute Gasteiger partial charge is 0.0652 e. The maximum atomic E-state index is 8.83. The van der Waals surface area contributed by atoms with Crippen LogP contribution in [-0.2, 0) is 0 Å². The van der Waals surface area contributed by atoms with E-state index >= 15 is 0 Å². The maximum Gasteiger partial charge on any atom is 0.0652 e. The third-order valence-corrected chi connectivity index (χ3v) is 4.81. The SMILES string of the molecule is CCC1(C)CCC(C)C(CCC(C)C#N)C1. The third kappa shape index (κ3) is 3.51. The minimum absolute atomic E-state index is 0.238. The van der Waals surface area contributed by atoms with E-state index in [-0.39, 0.29) is 5.92 Å². The second kappa shape index (κ2) is 5.71. The fraction of sp³-hybridized carbons (Fsp3) is 0.933. The molecule has 4 unspecified atom stereocenters. The Morgan fingerprint density at radius 1 is 1.50 bits per heavy atom. The van der Waals surface area contributed by atoms with Crippen LogP contribution in [0.15, 0.2) is 0 Å². The molecule has 0 spiro atoms. The molecule has 0 saturated heterocycles. The van der Waals surface area contributed by atoms with Crippen molar-refractivity contribution in [2.45, 2.75) is 66.2 Å². The molecule has 16 heavy (non-hydrogen) atoms. The maximum absolute atomic E-state index is 8.83. The molecule has 0 aliphatic heterocycles. The zero-order valence-corrected chi connectivity index (χ0v) is 11.4. The van der Waals surface area contributed by atoms with E-state index in [9.17, 15) is 0 Å². The van der Waals surface area contributed by atoms with Crippen LogP contribution in [0.2, 0.25) is 0 Å². The zero-order chi connectivity index (χ0) is 12.2. The fourth-order valence-corrected chi connectivity index (χ4v) is 2.98. The standard InChI is InChI=1S/C15H27N/c1-5-15(4)9-8-13(3)14(10-15)7-6-12(2)11-16/h12-14H,5-10H2,1-4H3. The summed E-state index contributed by atoms with van der Waals surface area (Å²) >= 11 is 0. The molecule has 0 heterocycles. The Hall–Kier alpha value is -0.510. The van der Waals surface area contributed by atoms with Crippen molar-refractivity contribution in [2.24, 2.45) is 23.2 Å². The summed E-state index contributed by atoms with van der Waals surface area (Å²) in [5, 5.41) is 8.83. The lowest BCUT2D eigenvalue weighted by Gasteiger charge is -2.41. The van der Waals surface area contributed by atoms with Gasteiger partial charge in [-0.15, -0.1) is 0 Å². The second-order valence-corrected chi connectivity index (χ2v) is 6.25. The highest BCUT2D eigenvalue weighted by Crippen LogP contribution is 2.45. The molecule has 1 nitrogen and oxygen atoms in total. The molecule has 1 fully saturated rings. The molecule has 0 N–H and O–H groups in total. The number of nitrogens with zero attached hydrogens (tertiary/aromatic N) is 1. The average Bonchev–Trinajstić information content (AvgIpc) is 2.30. The third-order valence-electron chi connectivity index (χ3n) is 4.81. The molecule has 92 valence electrons. The second-order valence-electron chi connectivity index (χ2n) is 6.25. The highest BCUT2D eigenvalue weighted by Gasteiger charge is 2.34. The van der Waals surface area contributed by atoms with E-state index in [1.807, 2.05) is 6.92 Å². The van der Waals surface area contributed by atoms with Crippen LogP contribution in [0.4, 0.5) is 0 Å². The Kier molecular flexibility index (Phi) is 4.84. The molecule has 4 atom stereocenters. The Bertz CT molecular complexity index is 253. The van der Waals surface area contributed by atoms with Gasteiger partial charge >= 0.3 is 0 Å². The Morgan fingerprint density at radius 3 is 2.75 bits per heavy atom. The van der Waals surface area contributed by atoms with Gasteiger partial charge in [-0.1, -0.05) is 27.2 Å². The van der Waals surface area contributed by atoms with Gasteiger partial charge in [0.25, 0.3) is 0 Å². The normalized spacial score (nSPS) is 36.7. The van der Waals surface area contributed by atoms with Crippen LogP contribution in [0, 0.1) is 34.5 Å². The lowest BCUT2D eigenvalue weighted by atomic mass is 9.64. The highest BCUT2D eigenvalue weighted by molar-refractivity contribution is 4.87. The van der Waals surface area contributed by atoms with Crippen molar-refractivity contribution in [1.29, 1.82) is 5.26 Å². The first-order chi connectivity index (χ1) is 7.50. The van der Waals surface area contributed by atoms with Gasteiger partial charge in [-0.3, -0.25) is 0 Å². The molecule has 0 aromatic heterocycles. The van der Waals surface area contributed by atoms with Gasteiger partial charge in [-0.2, -0.15) is 5.26 Å². The molecule has 1 aliphatic rings. The highest BCUT2D eigenvalue weighted by atomic mass is 14.4. The van der Waals surface area contributed by atoms with Gasteiger partial charge in [0.2, 0.25) is 0 Å². The topological polar surface area (TPSA) is 23.8 Å². The van der Waals surface area contributed by atoms with E-state index in [2.05, 4.69) is 26.8 Å². The van der Waals surface area contributed by atoms with Crippen molar-refractivity contribution in [3.8, 4) is 6.07 Å². The van der Waals surface area contributed by atoms with E-state index in [0.717, 1.165) is 18.3 Å². The van der Waals surface area contributed by atoms with Gasteiger partial charge in [0, 0.05) is 5.92 Å². The summed E-state index contributed by atoms with van der Waals surface area (Å²) < 4.78 is 0. The van der Waals surface area contributed by atoms with Crippen LogP contribution in [0.1, 0.15) is 66.2 Å². The Morgan fingerprint density at radius 2 is 2.19 bits per heavy atom. The quantitative estimate of drug-likeness (QED) is 0.670. The molecule has 0 aromatic carbocycles. The van der Waals surface area contributed by atoms with Gasteiger partial charge < -0.3 is 0 Å². The predicted molar refractivity (Wildman–Crippen MR) is 68.9 cm³/mol. The summed E-state index contributed by atoms with van der Waals surface area (Å²) in [6.45, 7) is 9.22. The first kappa shape index (κ1) is 13.6. The molecule has 1 saturated carbocycles. The lowest BCUT2D eigenvalue weighted by Crippen LogP contribution is -2.30. The van der Waals surface area contributed by atoms with E-state index < -0.39 is 0 Å². The summed E-state index contributed by atoms with van der Waals surface area (Å²) in [7, 11) is 0. The Balaban J connectivity index is 2.47. The van der Waals surface area contributed by atoms with E-state index in [0.29, 0.717) is 5.41 Å². The number of hydrogen-bond acceptors (Lipinski definition) is 1. The van der Waals surface area contributed by atoms with Crippen molar-refractivity contribution in [2.75, 3.05) is 0 Å². The Labute approximate surface area is 101 Å². The molecule has 1 heteroatoms. The molecular weight excluding hydrogens is 194 g/mol. The summed E-state index contributed by atoms with van der Waals surface area (Å²) in [5.41, 5.74) is 0.576. The van der Waals surface area contributed by atoms with Gasteiger partial charge in [-0.25, -0.2) is 0 Å². The summed E-state index contributed by atoms with van der Waals surface area (Å²) in [6, 6.07) is 2.35. The molecule has 1 rings (SSSR count). The van der Waals surface area contributed by atoms with E-state index in [4.69, 9.17) is 5.26 Å². The van der Waals surface area contributed by atoms with E-state index in [1.54, 1.807) is 0 Å². The minimum atomic E-state index is 0.238. The zero-order valence-electron chi connectivity index (χ0n) is 11.4. The monoisotopic (exact) mass is 221 g/mol. The van der Waals surface area contributed by atoms with Gasteiger partial charge in [-0.05, 0) is 56.3 Å². The largest absolute Gasteiger partial charge is 0.198 e. The van der Waals surface area contributed by atoms with Gasteiger partial charge in [0.1, 0.15) is 0 Å². The first-order valence-corrected chi connectivity index (χ1v) is 6.90. The summed E-state index contributed by atoms with van der Waals surface area (Å²) in [4.78, 5) is 0. The molecule has 0 aromatic rings. The number of rotatable bonds is 4. The summed E-state index contributed by atoms with van der Waals surface area (Å²) in [5.74, 6) is 1.96. The molecular formula is C15H27N. The van der Waals surface area contributed by atoms with Crippen LogP contribution >= 0.6 is 0 Å². The van der Waals surface area contributed by atoms with Crippen LogP contribution in [0.5, 0.6) is 0 Å². The van der Waals surface area contributed by atoms with Crippen molar-refractivity contribution >= 4 is 0 Å². The predicted octanol–water partition coefficient (Wildman–Crippen LogP) is 4.78. The van der Waals surface area contributed by atoms with Crippen LogP contribution in [0.3, 0.4) is 0 Å². The van der Waals surface area contributed by atoms with Crippen molar-refractivity contribution < 1.29 is 0 Å². The van der Waals surface area contributed by atoms with Crippen molar-refractivity contribution in [1.82, 2.24) is 0 Å². The number of nitriles is 1. The van der Waals surface area contributed by atoms with Crippen LogP contribution in [0.25, 0.3) is 0 Å². The first-order valence-electron chi connectivity index (χ1n) is 6.90. The van der Waals surface area contributed by atoms with Crippen molar-refractivity contribution in [3.05, 3.63) is 0 Å². The number of hydrogen-bond donors (Lipinski definition) is 0. The van der Waals surface area contributed by atoms with Gasteiger partial charge in [0.05, 0.1) is 6.07 Å². The molecule has 1 aliphatic carbocycles. The molecule has 0 amide bonds. The fourth-order valence-electron chi connectivity index (χ4n) is 2.98. The summed E-state index contributed by atoms with van der Waals surface area (Å²) in [6.07, 6.45) is 7.81. The average molecular weight is 221 g/mol. The van der Waals surface area contributed by atoms with Crippen LogP contribution < -0.4 is 0 Å². The van der Waals surface area contributed by atoms with Crippen molar-refractivity contribution in [3.63, 3.8) is 0 Å².